The van der Waals surface area contributed by atoms with Gasteiger partial charge in [-0.1, -0.05) is 17.8 Å². The van der Waals surface area contributed by atoms with Gasteiger partial charge in [-0.15, -0.1) is 17.9 Å². The molecule has 2 heterocycles. The van der Waals surface area contributed by atoms with Gasteiger partial charge in [0.15, 0.2) is 4.34 Å². The molecule has 0 radical (unpaired) electrons. The van der Waals surface area contributed by atoms with Crippen molar-refractivity contribution in [3.05, 3.63) is 43.0 Å². The molecular formula is C14H10N2O2S2. The van der Waals surface area contributed by atoms with Gasteiger partial charge >= 0.3 is 0 Å². The second kappa shape index (κ2) is 5.22. The lowest BCUT2D eigenvalue weighted by atomic mass is 10.2. The summed E-state index contributed by atoms with van der Waals surface area (Å²) in [6.07, 6.45) is 4.39. The zero-order chi connectivity index (χ0) is 14.1. The Hall–Kier alpha value is -1.92. The first-order valence-corrected chi connectivity index (χ1v) is 7.69. The number of imide groups is 1. The number of thioether (sulfide) groups is 1. The standard InChI is InChI=1S/C14H10N2O2S2/c1-2-7-19-14-15-10-4-3-9(8-11(10)20-14)16-12(17)5-6-13(16)18/h2-6,8H,1,7H2. The summed E-state index contributed by atoms with van der Waals surface area (Å²) < 4.78 is 1.91. The van der Waals surface area contributed by atoms with Crippen LogP contribution in [0.1, 0.15) is 0 Å². The molecule has 0 saturated carbocycles. The molecule has 0 saturated heterocycles. The summed E-state index contributed by atoms with van der Waals surface area (Å²) >= 11 is 3.16. The van der Waals surface area contributed by atoms with Crippen molar-refractivity contribution in [2.75, 3.05) is 10.7 Å². The van der Waals surface area contributed by atoms with E-state index in [9.17, 15) is 9.59 Å². The van der Waals surface area contributed by atoms with Crippen molar-refractivity contribution >= 4 is 50.8 Å². The van der Waals surface area contributed by atoms with E-state index in [-0.39, 0.29) is 11.8 Å². The predicted octanol–water partition coefficient (Wildman–Crippen LogP) is 3.00. The molecule has 20 heavy (non-hydrogen) atoms. The molecule has 4 nitrogen and oxygen atoms in total. The first-order valence-electron chi connectivity index (χ1n) is 5.89. The molecule has 3 rings (SSSR count). The maximum absolute atomic E-state index is 11.7. The molecule has 2 amide bonds. The molecule has 1 aliphatic rings. The lowest BCUT2D eigenvalue weighted by Crippen LogP contribution is -2.29. The number of hydrogen-bond acceptors (Lipinski definition) is 5. The van der Waals surface area contributed by atoms with Crippen LogP contribution in [0.3, 0.4) is 0 Å². The molecule has 1 aromatic carbocycles. The van der Waals surface area contributed by atoms with Crippen LogP contribution in [0.5, 0.6) is 0 Å². The first-order chi connectivity index (χ1) is 9.69. The van der Waals surface area contributed by atoms with E-state index >= 15 is 0 Å². The Balaban J connectivity index is 1.96. The van der Waals surface area contributed by atoms with Crippen molar-refractivity contribution in [1.82, 2.24) is 4.98 Å². The minimum absolute atomic E-state index is 0.305. The summed E-state index contributed by atoms with van der Waals surface area (Å²) in [7, 11) is 0. The molecule has 0 N–H and O–H groups in total. The molecule has 1 aliphatic heterocycles. The maximum Gasteiger partial charge on any atom is 0.258 e. The summed E-state index contributed by atoms with van der Waals surface area (Å²) in [5.74, 6) is 0.194. The van der Waals surface area contributed by atoms with E-state index in [1.54, 1.807) is 29.2 Å². The summed E-state index contributed by atoms with van der Waals surface area (Å²) in [4.78, 5) is 29.0. The van der Waals surface area contributed by atoms with Gasteiger partial charge in [-0.3, -0.25) is 9.59 Å². The fourth-order valence-corrected chi connectivity index (χ4v) is 3.74. The minimum Gasteiger partial charge on any atom is -0.269 e. The number of aromatic nitrogens is 1. The monoisotopic (exact) mass is 302 g/mol. The normalized spacial score (nSPS) is 14.5. The van der Waals surface area contributed by atoms with Crippen LogP contribution in [-0.4, -0.2) is 22.6 Å². The molecule has 0 bridgehead atoms. The molecule has 0 spiro atoms. The number of rotatable bonds is 4. The van der Waals surface area contributed by atoms with Crippen molar-refractivity contribution in [2.45, 2.75) is 4.34 Å². The van der Waals surface area contributed by atoms with Gasteiger partial charge in [0.1, 0.15) is 0 Å². The van der Waals surface area contributed by atoms with Gasteiger partial charge in [0.05, 0.1) is 15.9 Å². The molecule has 1 aromatic heterocycles. The van der Waals surface area contributed by atoms with E-state index in [1.807, 2.05) is 18.2 Å². The largest absolute Gasteiger partial charge is 0.269 e. The zero-order valence-electron chi connectivity index (χ0n) is 10.4. The minimum atomic E-state index is -0.305. The number of carbonyl (C=O) groups excluding carboxylic acids is 2. The highest BCUT2D eigenvalue weighted by Crippen LogP contribution is 2.32. The molecule has 0 unspecified atom stereocenters. The number of hydrogen-bond donors (Lipinski definition) is 0. The predicted molar refractivity (Wildman–Crippen MR) is 82.2 cm³/mol. The van der Waals surface area contributed by atoms with E-state index in [0.29, 0.717) is 5.69 Å². The van der Waals surface area contributed by atoms with Crippen LogP contribution in [0.2, 0.25) is 0 Å². The summed E-state index contributed by atoms with van der Waals surface area (Å²) in [5, 5.41) is 0. The third kappa shape index (κ3) is 2.28. The lowest BCUT2D eigenvalue weighted by Gasteiger charge is -2.13. The molecule has 0 atom stereocenters. The van der Waals surface area contributed by atoms with Crippen LogP contribution in [0.4, 0.5) is 5.69 Å². The average molecular weight is 302 g/mol. The van der Waals surface area contributed by atoms with Crippen molar-refractivity contribution in [3.63, 3.8) is 0 Å². The fraction of sp³-hybridized carbons (Fsp3) is 0.0714. The van der Waals surface area contributed by atoms with Gasteiger partial charge in [0, 0.05) is 17.9 Å². The van der Waals surface area contributed by atoms with Gasteiger partial charge in [-0.05, 0) is 18.2 Å². The number of anilines is 1. The second-order valence-corrected chi connectivity index (χ2v) is 6.37. The highest BCUT2D eigenvalue weighted by Gasteiger charge is 2.25. The van der Waals surface area contributed by atoms with E-state index in [0.717, 1.165) is 25.2 Å². The zero-order valence-corrected chi connectivity index (χ0v) is 12.0. The van der Waals surface area contributed by atoms with Crippen molar-refractivity contribution in [2.24, 2.45) is 0 Å². The van der Waals surface area contributed by atoms with Crippen LogP contribution in [0, 0.1) is 0 Å². The summed E-state index contributed by atoms with van der Waals surface area (Å²) in [6, 6.07) is 5.40. The highest BCUT2D eigenvalue weighted by atomic mass is 32.2. The Bertz CT molecular complexity index is 731. The molecule has 2 aromatic rings. The third-order valence-corrected chi connectivity index (χ3v) is 4.90. The smallest absolute Gasteiger partial charge is 0.258 e. The van der Waals surface area contributed by atoms with Crippen LogP contribution in [-0.2, 0) is 9.59 Å². The van der Waals surface area contributed by atoms with E-state index < -0.39 is 0 Å². The number of fused-ring (bicyclic) bond motifs is 1. The van der Waals surface area contributed by atoms with Gasteiger partial charge in [0.2, 0.25) is 0 Å². The van der Waals surface area contributed by atoms with Gasteiger partial charge in [0.25, 0.3) is 11.8 Å². The number of nitrogens with zero attached hydrogens (tertiary/aromatic N) is 2. The third-order valence-electron chi connectivity index (χ3n) is 2.74. The number of amides is 2. The van der Waals surface area contributed by atoms with E-state index in [4.69, 9.17) is 0 Å². The van der Waals surface area contributed by atoms with Gasteiger partial charge < -0.3 is 0 Å². The molecule has 0 fully saturated rings. The Morgan fingerprint density at radius 3 is 2.75 bits per heavy atom. The Morgan fingerprint density at radius 2 is 2.05 bits per heavy atom. The van der Waals surface area contributed by atoms with Crippen molar-refractivity contribution < 1.29 is 9.59 Å². The average Bonchev–Trinajstić information content (AvgIpc) is 2.99. The van der Waals surface area contributed by atoms with Crippen molar-refractivity contribution in [1.29, 1.82) is 0 Å². The van der Waals surface area contributed by atoms with Crippen LogP contribution in [0.15, 0.2) is 47.3 Å². The van der Waals surface area contributed by atoms with Crippen molar-refractivity contribution in [3.8, 4) is 0 Å². The second-order valence-electron chi connectivity index (χ2n) is 4.08. The Kier molecular flexibility index (Phi) is 3.42. The molecule has 6 heteroatoms. The SMILES string of the molecule is C=CCSc1nc2ccc(N3C(=O)C=CC3=O)cc2s1. The molecule has 0 aliphatic carbocycles. The quantitative estimate of drug-likeness (QED) is 0.495. The maximum atomic E-state index is 11.7. The van der Waals surface area contributed by atoms with Crippen LogP contribution < -0.4 is 4.90 Å². The van der Waals surface area contributed by atoms with Gasteiger partial charge in [-0.25, -0.2) is 9.88 Å². The van der Waals surface area contributed by atoms with E-state index in [1.165, 1.54) is 12.2 Å². The summed E-state index contributed by atoms with van der Waals surface area (Å²) in [6.45, 7) is 3.68. The van der Waals surface area contributed by atoms with Gasteiger partial charge in [-0.2, -0.15) is 0 Å². The first kappa shape index (κ1) is 13.1. The number of benzene rings is 1. The van der Waals surface area contributed by atoms with Crippen LogP contribution in [0.25, 0.3) is 10.2 Å². The highest BCUT2D eigenvalue weighted by molar-refractivity contribution is 8.01. The number of carbonyl (C=O) groups is 2. The Labute approximate surface area is 123 Å². The van der Waals surface area contributed by atoms with Crippen LogP contribution >= 0.6 is 23.1 Å². The number of thiazole rings is 1. The lowest BCUT2D eigenvalue weighted by molar-refractivity contribution is -0.119. The fourth-order valence-electron chi connectivity index (χ4n) is 1.88. The van der Waals surface area contributed by atoms with E-state index in [2.05, 4.69) is 11.6 Å². The topological polar surface area (TPSA) is 50.3 Å². The molecule has 100 valence electrons. The summed E-state index contributed by atoms with van der Waals surface area (Å²) in [5.41, 5.74) is 1.46. The Morgan fingerprint density at radius 1 is 1.30 bits per heavy atom. The molecular weight excluding hydrogens is 292 g/mol.